The quantitative estimate of drug-likeness (QED) is 0.321. The second kappa shape index (κ2) is 9.70. The summed E-state index contributed by atoms with van der Waals surface area (Å²) in [4.78, 5) is 21.3. The molecule has 8 heteroatoms. The number of pyridine rings is 2. The Balaban J connectivity index is 1.88. The van der Waals surface area contributed by atoms with Crippen LogP contribution < -0.4 is 0 Å². The van der Waals surface area contributed by atoms with Crippen molar-refractivity contribution < 1.29 is 14.3 Å². The summed E-state index contributed by atoms with van der Waals surface area (Å²) in [5, 5.41) is 5.41. The predicted octanol–water partition coefficient (Wildman–Crippen LogP) is 4.78. The minimum Gasteiger partial charge on any atom is -0.463 e. The number of carbonyl (C=O) groups is 1. The first kappa shape index (κ1) is 21.6. The van der Waals surface area contributed by atoms with E-state index < -0.39 is 5.97 Å². The van der Waals surface area contributed by atoms with Crippen molar-refractivity contribution in [1.82, 2.24) is 19.7 Å². The van der Waals surface area contributed by atoms with Gasteiger partial charge in [-0.25, -0.2) is 14.5 Å². The molecule has 0 spiro atoms. The molecule has 1 aliphatic rings. The fourth-order valence-corrected chi connectivity index (χ4v) is 3.84. The molecule has 7 nitrogen and oxygen atoms in total. The Bertz CT molecular complexity index is 1120. The molecule has 0 bridgehead atoms. The molecule has 0 aromatic carbocycles. The van der Waals surface area contributed by atoms with E-state index in [0.29, 0.717) is 25.7 Å². The van der Waals surface area contributed by atoms with Crippen molar-refractivity contribution >= 4 is 39.0 Å². The molecule has 162 valence electrons. The highest BCUT2D eigenvalue weighted by Gasteiger charge is 2.23. The van der Waals surface area contributed by atoms with E-state index >= 15 is 0 Å². The summed E-state index contributed by atoms with van der Waals surface area (Å²) in [6.07, 6.45) is 11.0. The van der Waals surface area contributed by atoms with Crippen LogP contribution in [0.5, 0.6) is 0 Å². The average Bonchev–Trinajstić information content (AvgIpc) is 3.49. The van der Waals surface area contributed by atoms with Crippen molar-refractivity contribution in [3.05, 3.63) is 46.5 Å². The van der Waals surface area contributed by atoms with Gasteiger partial charge in [-0.2, -0.15) is 5.10 Å². The van der Waals surface area contributed by atoms with E-state index in [1.54, 1.807) is 25.4 Å². The number of fused-ring (bicyclic) bond motifs is 1. The van der Waals surface area contributed by atoms with Crippen LogP contribution in [-0.2, 0) is 27.4 Å². The standard InChI is InChI=1S/C23H25BrN4O3/c1-3-28-23-19(12-26-28)22(16-9-17(24)11-25-10-16)18(7-8-21(29)31-4-2)20(27-23)14-30-13-15-5-6-15/h7-12,15H,3-6,13-14H2,1-2H3/b8-7+. The number of halogens is 1. The van der Waals surface area contributed by atoms with Gasteiger partial charge in [0, 0.05) is 58.2 Å². The lowest BCUT2D eigenvalue weighted by Gasteiger charge is -2.14. The van der Waals surface area contributed by atoms with Crippen LogP contribution in [0.2, 0.25) is 0 Å². The maximum absolute atomic E-state index is 12.1. The molecule has 0 aliphatic heterocycles. The molecule has 0 radical (unpaired) electrons. The molecule has 1 saturated carbocycles. The van der Waals surface area contributed by atoms with Gasteiger partial charge in [0.1, 0.15) is 0 Å². The highest BCUT2D eigenvalue weighted by Crippen LogP contribution is 2.35. The molecule has 3 aromatic heterocycles. The Morgan fingerprint density at radius 2 is 2.13 bits per heavy atom. The van der Waals surface area contributed by atoms with Gasteiger partial charge < -0.3 is 9.47 Å². The molecule has 0 atom stereocenters. The Hall–Kier alpha value is -2.58. The van der Waals surface area contributed by atoms with E-state index in [9.17, 15) is 4.79 Å². The molecule has 1 aliphatic carbocycles. The summed E-state index contributed by atoms with van der Waals surface area (Å²) in [5.41, 5.74) is 4.19. The molecule has 3 aromatic rings. The average molecular weight is 485 g/mol. The molecule has 4 rings (SSSR count). The van der Waals surface area contributed by atoms with Gasteiger partial charge in [0.25, 0.3) is 0 Å². The van der Waals surface area contributed by atoms with Gasteiger partial charge in [-0.15, -0.1) is 0 Å². The lowest BCUT2D eigenvalue weighted by molar-refractivity contribution is -0.137. The highest BCUT2D eigenvalue weighted by molar-refractivity contribution is 9.10. The van der Waals surface area contributed by atoms with Crippen LogP contribution >= 0.6 is 15.9 Å². The van der Waals surface area contributed by atoms with Crippen LogP contribution in [0.1, 0.15) is 37.9 Å². The van der Waals surface area contributed by atoms with E-state index in [2.05, 4.69) is 26.0 Å². The zero-order chi connectivity index (χ0) is 21.8. The number of hydrogen-bond acceptors (Lipinski definition) is 6. The molecule has 0 unspecified atom stereocenters. The van der Waals surface area contributed by atoms with Gasteiger partial charge >= 0.3 is 5.97 Å². The highest BCUT2D eigenvalue weighted by atomic mass is 79.9. The molecule has 0 amide bonds. The van der Waals surface area contributed by atoms with Gasteiger partial charge in [0.05, 0.1) is 25.1 Å². The van der Waals surface area contributed by atoms with Crippen LogP contribution in [0.25, 0.3) is 28.2 Å². The summed E-state index contributed by atoms with van der Waals surface area (Å²) in [6, 6.07) is 2.00. The van der Waals surface area contributed by atoms with Crippen molar-refractivity contribution in [3.63, 3.8) is 0 Å². The van der Waals surface area contributed by atoms with Crippen LogP contribution in [-0.4, -0.2) is 38.9 Å². The molecular weight excluding hydrogens is 460 g/mol. The Morgan fingerprint density at radius 1 is 1.29 bits per heavy atom. The molecule has 3 heterocycles. The van der Waals surface area contributed by atoms with E-state index in [4.69, 9.17) is 14.5 Å². The van der Waals surface area contributed by atoms with E-state index in [1.807, 2.05) is 23.9 Å². The lowest BCUT2D eigenvalue weighted by Crippen LogP contribution is -2.06. The van der Waals surface area contributed by atoms with Gasteiger partial charge in [-0.3, -0.25) is 4.98 Å². The number of hydrogen-bond donors (Lipinski definition) is 0. The van der Waals surface area contributed by atoms with Gasteiger partial charge in [0.2, 0.25) is 0 Å². The maximum atomic E-state index is 12.1. The van der Waals surface area contributed by atoms with Gasteiger partial charge in [0.15, 0.2) is 5.65 Å². The first-order valence-corrected chi connectivity index (χ1v) is 11.3. The Kier molecular flexibility index (Phi) is 6.77. The number of aryl methyl sites for hydroxylation is 1. The fourth-order valence-electron chi connectivity index (χ4n) is 3.48. The molecule has 1 fully saturated rings. The topological polar surface area (TPSA) is 79.1 Å². The Morgan fingerprint density at radius 3 is 2.84 bits per heavy atom. The number of ether oxygens (including phenoxy) is 2. The third kappa shape index (κ3) is 5.02. The zero-order valence-electron chi connectivity index (χ0n) is 17.7. The lowest BCUT2D eigenvalue weighted by atomic mass is 9.97. The van der Waals surface area contributed by atoms with E-state index in [0.717, 1.165) is 44.5 Å². The van der Waals surface area contributed by atoms with Crippen LogP contribution in [0.4, 0.5) is 0 Å². The number of carbonyl (C=O) groups excluding carboxylic acids is 1. The fraction of sp³-hybridized carbons (Fsp3) is 0.391. The van der Waals surface area contributed by atoms with Crippen molar-refractivity contribution in [1.29, 1.82) is 0 Å². The summed E-state index contributed by atoms with van der Waals surface area (Å²) in [6.45, 7) is 5.93. The number of nitrogens with zero attached hydrogens (tertiary/aromatic N) is 4. The smallest absolute Gasteiger partial charge is 0.330 e. The first-order valence-electron chi connectivity index (χ1n) is 10.5. The molecular formula is C23H25BrN4O3. The minimum absolute atomic E-state index is 0.323. The van der Waals surface area contributed by atoms with E-state index in [1.165, 1.54) is 18.9 Å². The summed E-state index contributed by atoms with van der Waals surface area (Å²) >= 11 is 3.52. The van der Waals surface area contributed by atoms with Gasteiger partial charge in [-0.05, 0) is 60.7 Å². The predicted molar refractivity (Wildman–Crippen MR) is 122 cm³/mol. The molecule has 0 N–H and O–H groups in total. The minimum atomic E-state index is -0.394. The number of esters is 1. The first-order chi connectivity index (χ1) is 15.1. The van der Waals surface area contributed by atoms with Crippen LogP contribution in [0.15, 0.2) is 35.2 Å². The SMILES string of the molecule is CCOC(=O)/C=C/c1c(COCC2CC2)nc2c(cnn2CC)c1-c1cncc(Br)c1. The Labute approximate surface area is 189 Å². The van der Waals surface area contributed by atoms with Crippen LogP contribution in [0.3, 0.4) is 0 Å². The third-order valence-electron chi connectivity index (χ3n) is 5.16. The second-order valence-electron chi connectivity index (χ2n) is 7.48. The van der Waals surface area contributed by atoms with Crippen molar-refractivity contribution in [2.75, 3.05) is 13.2 Å². The summed E-state index contributed by atoms with van der Waals surface area (Å²) in [5.74, 6) is 0.257. The van der Waals surface area contributed by atoms with Crippen molar-refractivity contribution in [2.24, 2.45) is 5.92 Å². The number of rotatable bonds is 9. The normalized spacial score (nSPS) is 13.9. The van der Waals surface area contributed by atoms with Crippen molar-refractivity contribution in [3.8, 4) is 11.1 Å². The number of aromatic nitrogens is 4. The zero-order valence-corrected chi connectivity index (χ0v) is 19.3. The van der Waals surface area contributed by atoms with Gasteiger partial charge in [-0.1, -0.05) is 0 Å². The molecule has 0 saturated heterocycles. The van der Waals surface area contributed by atoms with Crippen LogP contribution in [0, 0.1) is 5.92 Å². The van der Waals surface area contributed by atoms with E-state index in [-0.39, 0.29) is 0 Å². The maximum Gasteiger partial charge on any atom is 0.330 e. The monoisotopic (exact) mass is 484 g/mol. The third-order valence-corrected chi connectivity index (χ3v) is 5.59. The molecule has 31 heavy (non-hydrogen) atoms. The summed E-state index contributed by atoms with van der Waals surface area (Å²) in [7, 11) is 0. The summed E-state index contributed by atoms with van der Waals surface area (Å²) < 4.78 is 13.8. The largest absolute Gasteiger partial charge is 0.463 e. The second-order valence-corrected chi connectivity index (χ2v) is 8.40. The van der Waals surface area contributed by atoms with Crippen molar-refractivity contribution in [2.45, 2.75) is 39.8 Å².